The number of halogens is 3. The first-order chi connectivity index (χ1) is 10.9. The van der Waals surface area contributed by atoms with E-state index in [-0.39, 0.29) is 17.0 Å². The van der Waals surface area contributed by atoms with Crippen LogP contribution in [0.25, 0.3) is 11.3 Å². The van der Waals surface area contributed by atoms with Gasteiger partial charge in [0.15, 0.2) is 5.75 Å². The van der Waals surface area contributed by atoms with Crippen molar-refractivity contribution in [3.05, 3.63) is 48.2 Å². The molecule has 0 unspecified atom stereocenters. The molecule has 4 nitrogen and oxygen atoms in total. The summed E-state index contributed by atoms with van der Waals surface area (Å²) in [5, 5.41) is 0. The number of para-hydroxylation sites is 1. The Bertz CT molecular complexity index is 851. The Hall–Kier alpha value is -2.09. The van der Waals surface area contributed by atoms with Gasteiger partial charge in [-0.05, 0) is 31.1 Å². The van der Waals surface area contributed by atoms with E-state index in [1.54, 1.807) is 0 Å². The van der Waals surface area contributed by atoms with Crippen molar-refractivity contribution in [2.75, 3.05) is 0 Å². The SMILES string of the molecule is [2H]C([2H])([2H])c1cccc(-c2ccccc2OS(=O)(=O)C(F)(F)F)n1. The maximum atomic E-state index is 12.5. The van der Waals surface area contributed by atoms with Crippen LogP contribution in [0.1, 0.15) is 9.81 Å². The van der Waals surface area contributed by atoms with Gasteiger partial charge in [-0.2, -0.15) is 21.6 Å². The van der Waals surface area contributed by atoms with Crippen LogP contribution in [0.15, 0.2) is 42.5 Å². The third kappa shape index (κ3) is 3.33. The number of nitrogens with zero attached hydrogens (tertiary/aromatic N) is 1. The van der Waals surface area contributed by atoms with E-state index in [9.17, 15) is 21.6 Å². The zero-order chi connectivity index (χ0) is 18.2. The van der Waals surface area contributed by atoms with Crippen molar-refractivity contribution >= 4 is 10.1 Å². The second-order valence-corrected chi connectivity index (χ2v) is 5.43. The monoisotopic (exact) mass is 320 g/mol. The summed E-state index contributed by atoms with van der Waals surface area (Å²) in [5.41, 5.74) is -5.99. The van der Waals surface area contributed by atoms with Crippen LogP contribution in [0, 0.1) is 6.85 Å². The van der Waals surface area contributed by atoms with Gasteiger partial charge in [0.1, 0.15) is 0 Å². The van der Waals surface area contributed by atoms with Gasteiger partial charge >= 0.3 is 15.6 Å². The molecule has 0 aliphatic rings. The first kappa shape index (κ1) is 11.6. The van der Waals surface area contributed by atoms with Gasteiger partial charge < -0.3 is 4.18 Å². The predicted molar refractivity (Wildman–Crippen MR) is 70.0 cm³/mol. The maximum absolute atomic E-state index is 12.5. The number of hydrogen-bond acceptors (Lipinski definition) is 4. The Morgan fingerprint density at radius 1 is 1.14 bits per heavy atom. The average Bonchev–Trinajstić information content (AvgIpc) is 2.45. The highest BCUT2D eigenvalue weighted by Gasteiger charge is 2.48. The lowest BCUT2D eigenvalue weighted by Gasteiger charge is -2.12. The summed E-state index contributed by atoms with van der Waals surface area (Å²) < 4.78 is 85.8. The third-order valence-electron chi connectivity index (χ3n) is 2.40. The minimum absolute atomic E-state index is 0.0309. The van der Waals surface area contributed by atoms with Crippen molar-refractivity contribution in [1.82, 2.24) is 4.98 Å². The standard InChI is InChI=1S/C13H10F3NO3S/c1-9-5-4-7-11(17-9)10-6-2-3-8-12(10)20-21(18,19)13(14,15)16/h2-8H,1H3/i1D3. The van der Waals surface area contributed by atoms with Gasteiger partial charge in [0.2, 0.25) is 0 Å². The number of rotatable bonds is 3. The number of hydrogen-bond donors (Lipinski definition) is 0. The van der Waals surface area contributed by atoms with Gasteiger partial charge in [0.05, 0.1) is 5.69 Å². The first-order valence-corrected chi connectivity index (χ1v) is 6.90. The molecule has 0 aliphatic heterocycles. The average molecular weight is 320 g/mol. The molecule has 0 atom stereocenters. The van der Waals surface area contributed by atoms with Crippen molar-refractivity contribution in [3.63, 3.8) is 0 Å². The van der Waals surface area contributed by atoms with Gasteiger partial charge in [-0.15, -0.1) is 0 Å². The zero-order valence-corrected chi connectivity index (χ0v) is 11.1. The third-order valence-corrected chi connectivity index (χ3v) is 3.36. The van der Waals surface area contributed by atoms with Gasteiger partial charge in [0.25, 0.3) is 0 Å². The Labute approximate surface area is 123 Å². The highest BCUT2D eigenvalue weighted by molar-refractivity contribution is 7.88. The highest BCUT2D eigenvalue weighted by atomic mass is 32.2. The molecule has 1 heterocycles. The largest absolute Gasteiger partial charge is 0.534 e. The van der Waals surface area contributed by atoms with Crippen LogP contribution in [0.5, 0.6) is 5.75 Å². The number of pyridine rings is 1. The van der Waals surface area contributed by atoms with Crippen LogP contribution in [0.4, 0.5) is 13.2 Å². The van der Waals surface area contributed by atoms with E-state index in [2.05, 4.69) is 9.17 Å². The molecule has 8 heteroatoms. The van der Waals surface area contributed by atoms with Gasteiger partial charge in [-0.25, -0.2) is 0 Å². The molecule has 2 aromatic rings. The van der Waals surface area contributed by atoms with E-state index in [4.69, 9.17) is 4.11 Å². The molecule has 0 radical (unpaired) electrons. The second-order valence-electron chi connectivity index (χ2n) is 3.89. The van der Waals surface area contributed by atoms with Crippen LogP contribution in [0.3, 0.4) is 0 Å². The summed E-state index contributed by atoms with van der Waals surface area (Å²) in [6.45, 7) is -2.52. The molecule has 1 aromatic heterocycles. The van der Waals surface area contributed by atoms with E-state index in [0.29, 0.717) is 0 Å². The molecule has 21 heavy (non-hydrogen) atoms. The van der Waals surface area contributed by atoms with Gasteiger partial charge in [-0.3, -0.25) is 4.98 Å². The molecule has 0 amide bonds. The molecule has 112 valence electrons. The first-order valence-electron chi connectivity index (χ1n) is 6.99. The van der Waals surface area contributed by atoms with Gasteiger partial charge in [0, 0.05) is 15.4 Å². The van der Waals surface area contributed by atoms with Crippen molar-refractivity contribution in [1.29, 1.82) is 0 Å². The summed E-state index contributed by atoms with van der Waals surface area (Å²) in [6, 6.07) is 8.89. The molecule has 0 saturated carbocycles. The number of benzene rings is 1. The quantitative estimate of drug-likeness (QED) is 0.643. The summed E-state index contributed by atoms with van der Waals surface area (Å²) in [5.74, 6) is -0.606. The van der Waals surface area contributed by atoms with E-state index >= 15 is 0 Å². The highest BCUT2D eigenvalue weighted by Crippen LogP contribution is 2.33. The molecule has 0 fully saturated rings. The summed E-state index contributed by atoms with van der Waals surface area (Å²) >= 11 is 0. The Kier molecular flexibility index (Phi) is 2.95. The second kappa shape index (κ2) is 5.36. The van der Waals surface area contributed by atoms with Crippen LogP contribution in [-0.2, 0) is 10.1 Å². The fraction of sp³-hybridized carbons (Fsp3) is 0.154. The molecule has 0 saturated heterocycles. The fourth-order valence-electron chi connectivity index (χ4n) is 1.50. The van der Waals surface area contributed by atoms with Gasteiger partial charge in [-0.1, -0.05) is 18.2 Å². The minimum Gasteiger partial charge on any atom is -0.375 e. The molecular formula is C13H10F3NO3S. The predicted octanol–water partition coefficient (Wildman–Crippen LogP) is 3.29. The lowest BCUT2D eigenvalue weighted by molar-refractivity contribution is -0.0499. The fourth-order valence-corrected chi connectivity index (χ4v) is 1.98. The van der Waals surface area contributed by atoms with Crippen molar-refractivity contribution in [2.24, 2.45) is 0 Å². The van der Waals surface area contributed by atoms with E-state index in [0.717, 1.165) is 6.07 Å². The minimum atomic E-state index is -5.86. The van der Waals surface area contributed by atoms with Crippen LogP contribution < -0.4 is 4.18 Å². The molecule has 1 aromatic carbocycles. The van der Waals surface area contributed by atoms with Crippen molar-refractivity contribution in [3.8, 4) is 17.0 Å². The number of alkyl halides is 3. The molecule has 2 rings (SSSR count). The summed E-state index contributed by atoms with van der Waals surface area (Å²) in [4.78, 5) is 3.85. The van der Waals surface area contributed by atoms with E-state index < -0.39 is 28.2 Å². The Balaban J connectivity index is 2.51. The molecule has 0 spiro atoms. The lowest BCUT2D eigenvalue weighted by atomic mass is 10.1. The number of aryl methyl sites for hydroxylation is 1. The molecule has 0 bridgehead atoms. The van der Waals surface area contributed by atoms with Crippen molar-refractivity contribution < 1.29 is 29.9 Å². The normalized spacial score (nSPS) is 14.9. The lowest BCUT2D eigenvalue weighted by Crippen LogP contribution is -2.28. The molecule has 0 aliphatic carbocycles. The Morgan fingerprint density at radius 3 is 2.52 bits per heavy atom. The van der Waals surface area contributed by atoms with Crippen molar-refractivity contribution in [2.45, 2.75) is 12.4 Å². The summed E-state index contributed by atoms with van der Waals surface area (Å²) in [6.07, 6.45) is 0. The maximum Gasteiger partial charge on any atom is 0.534 e. The Morgan fingerprint density at radius 2 is 1.86 bits per heavy atom. The summed E-state index contributed by atoms with van der Waals surface area (Å²) in [7, 11) is -5.86. The molecule has 0 N–H and O–H groups in total. The van der Waals surface area contributed by atoms with Crippen LogP contribution in [-0.4, -0.2) is 18.9 Å². The van der Waals surface area contributed by atoms with E-state index in [1.165, 1.54) is 36.4 Å². The van der Waals surface area contributed by atoms with Crippen LogP contribution >= 0.6 is 0 Å². The van der Waals surface area contributed by atoms with Crippen LogP contribution in [0.2, 0.25) is 0 Å². The zero-order valence-electron chi connectivity index (χ0n) is 13.3. The smallest absolute Gasteiger partial charge is 0.375 e. The molecular weight excluding hydrogens is 307 g/mol. The van der Waals surface area contributed by atoms with E-state index in [1.807, 2.05) is 0 Å². The topological polar surface area (TPSA) is 56.3 Å². The number of aromatic nitrogens is 1.